The van der Waals surface area contributed by atoms with Crippen molar-refractivity contribution in [2.75, 3.05) is 14.2 Å². The molecule has 2 fully saturated rings. The highest BCUT2D eigenvalue weighted by Crippen LogP contribution is 2.59. The van der Waals surface area contributed by atoms with Crippen LogP contribution in [0.2, 0.25) is 0 Å². The Morgan fingerprint density at radius 1 is 1.25 bits per heavy atom. The maximum atomic E-state index is 12.8. The molecule has 0 aromatic heterocycles. The summed E-state index contributed by atoms with van der Waals surface area (Å²) in [6.45, 7) is 2.15. The number of rotatable bonds is 2. The van der Waals surface area contributed by atoms with Crippen LogP contribution in [0.25, 0.3) is 0 Å². The van der Waals surface area contributed by atoms with Crippen molar-refractivity contribution in [3.8, 4) is 5.75 Å². The fraction of sp³-hybridized carbons (Fsp3) is 0.600. The highest BCUT2D eigenvalue weighted by atomic mass is 16.6. The van der Waals surface area contributed by atoms with Gasteiger partial charge in [-0.25, -0.2) is 0 Å². The van der Waals surface area contributed by atoms with Crippen molar-refractivity contribution in [1.29, 1.82) is 0 Å². The van der Waals surface area contributed by atoms with Crippen LogP contribution in [0.3, 0.4) is 0 Å². The molecule has 4 nitrogen and oxygen atoms in total. The zero-order valence-corrected chi connectivity index (χ0v) is 14.7. The van der Waals surface area contributed by atoms with Gasteiger partial charge in [-0.2, -0.15) is 0 Å². The number of methoxy groups -OCH3 is 1. The average molecular weight is 327 g/mol. The van der Waals surface area contributed by atoms with Crippen LogP contribution >= 0.6 is 0 Å². The SMILES string of the molecule is CO/N=C1\C[C@H]2[C@@H]3CCc4cc(OC)ccc4[C@H]3CC[C@]2(C)C1=O. The van der Waals surface area contributed by atoms with Crippen LogP contribution in [0.4, 0.5) is 0 Å². The second-order valence-electron chi connectivity index (χ2n) is 7.69. The molecule has 0 unspecified atom stereocenters. The van der Waals surface area contributed by atoms with E-state index in [-0.39, 0.29) is 11.2 Å². The van der Waals surface area contributed by atoms with Crippen LogP contribution in [0, 0.1) is 17.3 Å². The number of hydrogen-bond acceptors (Lipinski definition) is 4. The highest BCUT2D eigenvalue weighted by molar-refractivity contribution is 6.43. The molecular formula is C20H25NO3. The Kier molecular flexibility index (Phi) is 3.66. The largest absolute Gasteiger partial charge is 0.497 e. The zero-order valence-electron chi connectivity index (χ0n) is 14.7. The van der Waals surface area contributed by atoms with Gasteiger partial charge in [0.1, 0.15) is 18.6 Å². The molecule has 0 saturated heterocycles. The fourth-order valence-electron chi connectivity index (χ4n) is 5.48. The predicted molar refractivity (Wildman–Crippen MR) is 92.4 cm³/mol. The van der Waals surface area contributed by atoms with Crippen LogP contribution in [-0.2, 0) is 16.1 Å². The molecule has 4 atom stereocenters. The van der Waals surface area contributed by atoms with Gasteiger partial charge in [0.2, 0.25) is 0 Å². The van der Waals surface area contributed by atoms with Gasteiger partial charge < -0.3 is 9.57 Å². The zero-order chi connectivity index (χ0) is 16.9. The molecule has 4 rings (SSSR count). The topological polar surface area (TPSA) is 47.9 Å². The van der Waals surface area contributed by atoms with Gasteiger partial charge in [-0.05, 0) is 66.7 Å². The van der Waals surface area contributed by atoms with Gasteiger partial charge in [0.05, 0.1) is 7.11 Å². The summed E-state index contributed by atoms with van der Waals surface area (Å²) in [7, 11) is 3.25. The molecule has 0 amide bonds. The van der Waals surface area contributed by atoms with Crippen molar-refractivity contribution < 1.29 is 14.4 Å². The molecular weight excluding hydrogens is 302 g/mol. The molecule has 2 saturated carbocycles. The van der Waals surface area contributed by atoms with E-state index in [0.717, 1.165) is 37.9 Å². The molecule has 1 aromatic rings. The molecule has 4 heteroatoms. The van der Waals surface area contributed by atoms with Crippen molar-refractivity contribution in [2.24, 2.45) is 22.4 Å². The molecule has 128 valence electrons. The summed E-state index contributed by atoms with van der Waals surface area (Å²) < 4.78 is 5.38. The Hall–Kier alpha value is -1.84. The summed E-state index contributed by atoms with van der Waals surface area (Å²) in [4.78, 5) is 17.7. The molecule has 3 aliphatic carbocycles. The lowest BCUT2D eigenvalue weighted by Gasteiger charge is -2.47. The third kappa shape index (κ3) is 2.11. The normalized spacial score (nSPS) is 36.0. The number of benzene rings is 1. The van der Waals surface area contributed by atoms with E-state index in [2.05, 4.69) is 30.3 Å². The van der Waals surface area contributed by atoms with Gasteiger partial charge in [-0.15, -0.1) is 0 Å². The second kappa shape index (κ2) is 5.61. The number of Topliss-reactive ketones (excluding diaryl/α,β-unsaturated/α-hetero) is 1. The Bertz CT molecular complexity index is 711. The maximum absolute atomic E-state index is 12.8. The van der Waals surface area contributed by atoms with Gasteiger partial charge in [0.15, 0.2) is 5.78 Å². The van der Waals surface area contributed by atoms with Gasteiger partial charge >= 0.3 is 0 Å². The van der Waals surface area contributed by atoms with Crippen molar-refractivity contribution in [3.63, 3.8) is 0 Å². The number of aryl methyl sites for hydroxylation is 1. The minimum atomic E-state index is -0.248. The van der Waals surface area contributed by atoms with Crippen LogP contribution in [0.15, 0.2) is 23.4 Å². The average Bonchev–Trinajstić information content (AvgIpc) is 2.86. The molecule has 0 bridgehead atoms. The van der Waals surface area contributed by atoms with E-state index in [4.69, 9.17) is 9.57 Å². The summed E-state index contributed by atoms with van der Waals surface area (Å²) in [6.07, 6.45) is 5.04. The molecule has 3 aliphatic rings. The lowest BCUT2D eigenvalue weighted by atomic mass is 9.55. The molecule has 0 N–H and O–H groups in total. The minimum Gasteiger partial charge on any atom is -0.497 e. The second-order valence-corrected chi connectivity index (χ2v) is 7.69. The lowest BCUT2D eigenvalue weighted by Crippen LogP contribution is -2.42. The van der Waals surface area contributed by atoms with Crippen LogP contribution < -0.4 is 4.74 Å². The van der Waals surface area contributed by atoms with Gasteiger partial charge in [-0.1, -0.05) is 18.1 Å². The minimum absolute atomic E-state index is 0.216. The van der Waals surface area contributed by atoms with Gasteiger partial charge in [0, 0.05) is 11.8 Å². The molecule has 0 radical (unpaired) electrons. The Balaban J connectivity index is 1.69. The summed E-state index contributed by atoms with van der Waals surface area (Å²) >= 11 is 0. The third-order valence-corrected chi connectivity index (χ3v) is 6.72. The van der Waals surface area contributed by atoms with Gasteiger partial charge in [-0.3, -0.25) is 4.79 Å². The number of carbonyl (C=O) groups is 1. The van der Waals surface area contributed by atoms with Gasteiger partial charge in [0.25, 0.3) is 0 Å². The van der Waals surface area contributed by atoms with Crippen LogP contribution in [0.1, 0.15) is 49.7 Å². The van der Waals surface area contributed by atoms with E-state index in [0.29, 0.717) is 23.5 Å². The summed E-state index contributed by atoms with van der Waals surface area (Å²) in [5.41, 5.74) is 3.29. The summed E-state index contributed by atoms with van der Waals surface area (Å²) in [6, 6.07) is 6.51. The molecule has 0 spiro atoms. The number of oxime groups is 1. The Labute approximate surface area is 143 Å². The predicted octanol–water partition coefficient (Wildman–Crippen LogP) is 3.73. The van der Waals surface area contributed by atoms with E-state index in [9.17, 15) is 4.79 Å². The summed E-state index contributed by atoms with van der Waals surface area (Å²) in [5, 5.41) is 4.03. The number of ketones is 1. The fourth-order valence-corrected chi connectivity index (χ4v) is 5.48. The molecule has 24 heavy (non-hydrogen) atoms. The quantitative estimate of drug-likeness (QED) is 0.778. The van der Waals surface area contributed by atoms with Crippen molar-refractivity contribution in [3.05, 3.63) is 29.3 Å². The van der Waals surface area contributed by atoms with E-state index < -0.39 is 0 Å². The van der Waals surface area contributed by atoms with Crippen LogP contribution in [-0.4, -0.2) is 25.7 Å². The first kappa shape index (κ1) is 15.7. The van der Waals surface area contributed by atoms with Crippen LogP contribution in [0.5, 0.6) is 5.75 Å². The summed E-state index contributed by atoms with van der Waals surface area (Å²) in [5.74, 6) is 2.69. The van der Waals surface area contributed by atoms with E-state index in [1.54, 1.807) is 7.11 Å². The lowest BCUT2D eigenvalue weighted by molar-refractivity contribution is -0.125. The maximum Gasteiger partial charge on any atom is 0.186 e. The van der Waals surface area contributed by atoms with E-state index in [1.807, 2.05) is 0 Å². The first-order chi connectivity index (χ1) is 11.6. The highest BCUT2D eigenvalue weighted by Gasteiger charge is 2.57. The first-order valence-corrected chi connectivity index (χ1v) is 8.90. The van der Waals surface area contributed by atoms with Crippen molar-refractivity contribution >= 4 is 11.5 Å². The smallest absolute Gasteiger partial charge is 0.186 e. The number of carbonyl (C=O) groups excluding carboxylic acids is 1. The van der Waals surface area contributed by atoms with E-state index in [1.165, 1.54) is 18.2 Å². The van der Waals surface area contributed by atoms with E-state index >= 15 is 0 Å². The standard InChI is InChI=1S/C20H25NO3/c1-20-9-8-15-14-7-5-13(23-2)10-12(14)4-6-16(15)17(20)11-18(19(20)22)21-24-3/h5,7,10,15-17H,4,6,8-9,11H2,1-3H3/b21-18+/t15-,16-,17+,20+/m1/s1. The molecule has 0 heterocycles. The van der Waals surface area contributed by atoms with Crippen molar-refractivity contribution in [2.45, 2.75) is 44.9 Å². The first-order valence-electron chi connectivity index (χ1n) is 8.90. The number of fused-ring (bicyclic) bond motifs is 5. The van der Waals surface area contributed by atoms with Crippen molar-refractivity contribution in [1.82, 2.24) is 0 Å². The number of nitrogens with zero attached hydrogens (tertiary/aromatic N) is 1. The monoisotopic (exact) mass is 327 g/mol. The number of ether oxygens (including phenoxy) is 1. The Morgan fingerprint density at radius 3 is 2.83 bits per heavy atom. The Morgan fingerprint density at radius 2 is 2.08 bits per heavy atom. The molecule has 0 aliphatic heterocycles. The number of hydrogen-bond donors (Lipinski definition) is 0. The molecule has 1 aromatic carbocycles. The third-order valence-electron chi connectivity index (χ3n) is 6.72.